The number of amides is 4. The lowest BCUT2D eigenvalue weighted by atomic mass is 10.1. The molecule has 0 aliphatic carbocycles. The average Bonchev–Trinajstić information content (AvgIpc) is 3.23. The van der Waals surface area contributed by atoms with Crippen molar-refractivity contribution in [2.75, 3.05) is 50.6 Å². The van der Waals surface area contributed by atoms with Gasteiger partial charge in [0.2, 0.25) is 0 Å². The van der Waals surface area contributed by atoms with Crippen molar-refractivity contribution in [3.8, 4) is 0 Å². The van der Waals surface area contributed by atoms with Crippen LogP contribution in [0.1, 0.15) is 70.4 Å². The zero-order valence-corrected chi connectivity index (χ0v) is 34.2. The summed E-state index contributed by atoms with van der Waals surface area (Å²) in [5, 5.41) is 4.88. The number of hydrogen-bond acceptors (Lipinski definition) is 6. The Bertz CT molecular complexity index is 1850. The molecule has 2 aliphatic rings. The third-order valence-corrected chi connectivity index (χ3v) is 10.1. The number of esters is 2. The van der Waals surface area contributed by atoms with Crippen LogP contribution in [-0.4, -0.2) is 74.2 Å². The molecule has 2 fully saturated rings. The number of anilines is 2. The summed E-state index contributed by atoms with van der Waals surface area (Å²) in [6.07, 6.45) is 6.65. The number of carbonyl (C=O) groups excluding carboxylic acids is 4. The van der Waals surface area contributed by atoms with E-state index in [4.69, 9.17) is 27.9 Å². The third-order valence-electron chi connectivity index (χ3n) is 8.94. The van der Waals surface area contributed by atoms with Crippen molar-refractivity contribution in [3.05, 3.63) is 129 Å². The molecule has 13 heteroatoms. The van der Waals surface area contributed by atoms with Gasteiger partial charge in [0, 0.05) is 52.9 Å². The molecule has 4 aromatic rings. The van der Waals surface area contributed by atoms with Gasteiger partial charge in [0.1, 0.15) is 0 Å². The van der Waals surface area contributed by atoms with E-state index in [1.54, 1.807) is 53.4 Å². The first-order valence-electron chi connectivity index (χ1n) is 18.2. The Hall–Kier alpha value is -4.58. The molecule has 0 bridgehead atoms. The van der Waals surface area contributed by atoms with E-state index in [1.165, 1.54) is 20.6 Å². The van der Waals surface area contributed by atoms with Crippen LogP contribution in [0.3, 0.4) is 0 Å². The van der Waals surface area contributed by atoms with Gasteiger partial charge in [-0.1, -0.05) is 75.5 Å². The lowest BCUT2D eigenvalue weighted by molar-refractivity contribution is 0.0592. The van der Waals surface area contributed by atoms with Crippen LogP contribution < -0.4 is 10.2 Å². The van der Waals surface area contributed by atoms with Crippen molar-refractivity contribution < 1.29 is 28.7 Å². The summed E-state index contributed by atoms with van der Waals surface area (Å²) in [6, 6.07) is 28.9. The second-order valence-electron chi connectivity index (χ2n) is 12.9. The number of ether oxygens (including phenoxy) is 2. The van der Waals surface area contributed by atoms with Crippen molar-refractivity contribution in [2.24, 2.45) is 0 Å². The molecular weight excluding hydrogens is 807 g/mol. The Balaban J connectivity index is 0.000000203. The molecule has 0 spiro atoms. The van der Waals surface area contributed by atoms with Crippen LogP contribution in [-0.2, 0) is 21.3 Å². The largest absolute Gasteiger partial charge is 0.465 e. The van der Waals surface area contributed by atoms with Crippen LogP contribution in [0.25, 0.3) is 0 Å². The number of urea groups is 2. The highest BCUT2D eigenvalue weighted by atomic mass is 79.9. The van der Waals surface area contributed by atoms with E-state index in [9.17, 15) is 19.2 Å². The van der Waals surface area contributed by atoms with Gasteiger partial charge in [-0.15, -0.1) is 0 Å². The molecule has 55 heavy (non-hydrogen) atoms. The number of benzene rings is 4. The molecule has 4 aromatic carbocycles. The van der Waals surface area contributed by atoms with E-state index in [0.717, 1.165) is 86.1 Å². The fraction of sp³-hybridized carbons (Fsp3) is 0.333. The zero-order chi connectivity index (χ0) is 39.6. The highest BCUT2D eigenvalue weighted by Gasteiger charge is 2.24. The number of nitrogens with one attached hydrogen (secondary N) is 1. The van der Waals surface area contributed by atoms with Gasteiger partial charge in [0.05, 0.1) is 31.9 Å². The SMILES string of the molecule is COC(=O)c1ccc(CBr)cc1.COC(=O)c1ccc(CN(C(=O)N2CCCCC2)c2cccc(Cl)c2)cc1.O=C(Nc1cccc(Cl)c1)N1CCCCC1. The van der Waals surface area contributed by atoms with Crippen molar-refractivity contribution in [3.63, 3.8) is 0 Å². The number of alkyl halides is 1. The minimum atomic E-state index is -0.377. The van der Waals surface area contributed by atoms with Gasteiger partial charge < -0.3 is 24.6 Å². The van der Waals surface area contributed by atoms with Crippen LogP contribution >= 0.6 is 39.1 Å². The fourth-order valence-electron chi connectivity index (χ4n) is 5.93. The molecule has 2 aliphatic heterocycles. The smallest absolute Gasteiger partial charge is 0.337 e. The Morgan fingerprint density at radius 1 is 0.655 bits per heavy atom. The van der Waals surface area contributed by atoms with E-state index in [0.29, 0.717) is 27.7 Å². The Morgan fingerprint density at radius 3 is 1.64 bits per heavy atom. The summed E-state index contributed by atoms with van der Waals surface area (Å²) in [4.78, 5) is 53.1. The number of hydrogen-bond donors (Lipinski definition) is 1. The van der Waals surface area contributed by atoms with E-state index >= 15 is 0 Å². The lowest BCUT2D eigenvalue weighted by Crippen LogP contribution is -2.45. The summed E-state index contributed by atoms with van der Waals surface area (Å²) >= 11 is 15.3. The predicted octanol–water partition coefficient (Wildman–Crippen LogP) is 10.5. The number of carbonyl (C=O) groups is 4. The number of likely N-dealkylation sites (tertiary alicyclic amines) is 2. The molecule has 0 saturated carbocycles. The summed E-state index contributed by atoms with van der Waals surface area (Å²) in [5.41, 5.74) is 4.65. The standard InChI is InChI=1S/C21H23ClN2O3.C12H15ClN2O.C9H9BrO2/c1-27-20(25)17-10-8-16(9-11-17)15-24(19-7-5-6-18(22)14-19)21(26)23-12-3-2-4-13-23;13-10-5-4-6-11(9-10)14-12(16)15-7-2-1-3-8-15;1-12-9(11)8-4-2-7(6-10)3-5-8/h5-11,14H,2-4,12-13,15H2,1H3;4-6,9H,1-3,7-8H2,(H,14,16);2-5H,6H2,1H3. The van der Waals surface area contributed by atoms with Gasteiger partial charge in [-0.25, -0.2) is 19.2 Å². The van der Waals surface area contributed by atoms with Crippen LogP contribution in [0.15, 0.2) is 97.1 Å². The first kappa shape index (κ1) is 43.2. The highest BCUT2D eigenvalue weighted by Crippen LogP contribution is 2.25. The molecule has 10 nitrogen and oxygen atoms in total. The summed E-state index contributed by atoms with van der Waals surface area (Å²) < 4.78 is 9.29. The molecule has 2 heterocycles. The third kappa shape index (κ3) is 13.9. The second-order valence-corrected chi connectivity index (χ2v) is 14.3. The van der Waals surface area contributed by atoms with Crippen molar-refractivity contribution in [1.29, 1.82) is 0 Å². The normalized spacial score (nSPS) is 13.5. The van der Waals surface area contributed by atoms with Crippen LogP contribution in [0, 0.1) is 0 Å². The minimum Gasteiger partial charge on any atom is -0.465 e. The maximum absolute atomic E-state index is 13.2. The molecule has 0 unspecified atom stereocenters. The molecule has 292 valence electrons. The van der Waals surface area contributed by atoms with E-state index in [-0.39, 0.29) is 24.0 Å². The molecule has 0 atom stereocenters. The van der Waals surface area contributed by atoms with Crippen LogP contribution in [0.4, 0.5) is 21.0 Å². The van der Waals surface area contributed by atoms with Crippen LogP contribution in [0.2, 0.25) is 10.0 Å². The number of methoxy groups -OCH3 is 2. The molecule has 0 aromatic heterocycles. The van der Waals surface area contributed by atoms with Gasteiger partial charge in [-0.2, -0.15) is 0 Å². The number of halogens is 3. The maximum atomic E-state index is 13.2. The van der Waals surface area contributed by atoms with Crippen molar-refractivity contribution in [2.45, 2.75) is 50.4 Å². The quantitative estimate of drug-likeness (QED) is 0.147. The molecule has 1 N–H and O–H groups in total. The van der Waals surface area contributed by atoms with Gasteiger partial charge >= 0.3 is 24.0 Å². The maximum Gasteiger partial charge on any atom is 0.337 e. The summed E-state index contributed by atoms with van der Waals surface area (Å²) in [7, 11) is 2.73. The van der Waals surface area contributed by atoms with Gasteiger partial charge in [0.15, 0.2) is 0 Å². The van der Waals surface area contributed by atoms with Crippen LogP contribution in [0.5, 0.6) is 0 Å². The van der Waals surface area contributed by atoms with E-state index in [1.807, 2.05) is 58.3 Å². The number of piperidine rings is 2. The fourth-order valence-corrected chi connectivity index (χ4v) is 6.68. The monoisotopic (exact) mass is 852 g/mol. The number of rotatable bonds is 7. The van der Waals surface area contributed by atoms with E-state index < -0.39 is 0 Å². The van der Waals surface area contributed by atoms with Crippen molar-refractivity contribution >= 4 is 74.5 Å². The molecule has 0 radical (unpaired) electrons. The predicted molar refractivity (Wildman–Crippen MR) is 223 cm³/mol. The highest BCUT2D eigenvalue weighted by molar-refractivity contribution is 9.08. The Labute approximate surface area is 341 Å². The molecule has 6 rings (SSSR count). The Morgan fingerprint density at radius 2 is 1.15 bits per heavy atom. The first-order chi connectivity index (χ1) is 26.6. The van der Waals surface area contributed by atoms with Gasteiger partial charge in [-0.05, 0) is 110 Å². The summed E-state index contributed by atoms with van der Waals surface area (Å²) in [6.45, 7) is 3.66. The Kier molecular flexibility index (Phi) is 17.8. The first-order valence-corrected chi connectivity index (χ1v) is 20.0. The topological polar surface area (TPSA) is 108 Å². The van der Waals surface area contributed by atoms with Gasteiger partial charge in [0.25, 0.3) is 0 Å². The molecule has 2 saturated heterocycles. The van der Waals surface area contributed by atoms with Gasteiger partial charge in [-0.3, -0.25) is 4.90 Å². The lowest BCUT2D eigenvalue weighted by Gasteiger charge is -2.33. The van der Waals surface area contributed by atoms with E-state index in [2.05, 4.69) is 26.0 Å². The number of nitrogens with zero attached hydrogens (tertiary/aromatic N) is 3. The molecule has 4 amide bonds. The van der Waals surface area contributed by atoms with Crippen molar-refractivity contribution in [1.82, 2.24) is 9.80 Å². The second kappa shape index (κ2) is 22.7. The summed E-state index contributed by atoms with van der Waals surface area (Å²) in [5.74, 6) is -0.672. The molecular formula is C42H47BrCl2N4O6. The zero-order valence-electron chi connectivity index (χ0n) is 31.1. The average molecular weight is 855 g/mol. The minimum absolute atomic E-state index is 0.0194.